The third-order valence-corrected chi connectivity index (χ3v) is 6.00. The number of benzene rings is 1. The van der Waals surface area contributed by atoms with Crippen LogP contribution in [0.3, 0.4) is 0 Å². The van der Waals surface area contributed by atoms with Gasteiger partial charge in [0.15, 0.2) is 5.54 Å². The highest BCUT2D eigenvalue weighted by atomic mass is 16.5. The van der Waals surface area contributed by atoms with Gasteiger partial charge >= 0.3 is 0 Å². The van der Waals surface area contributed by atoms with Gasteiger partial charge < -0.3 is 19.9 Å². The average molecular weight is 424 g/mol. The standard InChI is InChI=1S/C25H20N4O3/c1-24(13-30-14-24)7-6-16-9-20-22(28-11-16)32-21-5-4-17(18-3-2-8-27-12-18)10-19(21)25(20)15-31-23(26)29-25/h2-5,8-12H,13-15H2,1H3,(H2,26,29)/t25-/m0/s1. The Bertz CT molecular complexity index is 1320. The molecule has 2 aromatic heterocycles. The van der Waals surface area contributed by atoms with Crippen LogP contribution in [0.2, 0.25) is 0 Å². The summed E-state index contributed by atoms with van der Waals surface area (Å²) in [5.74, 6) is 7.70. The summed E-state index contributed by atoms with van der Waals surface area (Å²) in [7, 11) is 0. The maximum Gasteiger partial charge on any atom is 0.283 e. The van der Waals surface area contributed by atoms with Crippen LogP contribution >= 0.6 is 0 Å². The zero-order chi connectivity index (χ0) is 21.8. The Labute approximate surface area is 185 Å². The Morgan fingerprint density at radius 1 is 1.03 bits per heavy atom. The van der Waals surface area contributed by atoms with Gasteiger partial charge in [-0.3, -0.25) is 4.98 Å². The summed E-state index contributed by atoms with van der Waals surface area (Å²) in [6.07, 6.45) is 5.30. The van der Waals surface area contributed by atoms with Crippen molar-refractivity contribution in [3.63, 3.8) is 0 Å². The summed E-state index contributed by atoms with van der Waals surface area (Å²) >= 11 is 0. The Morgan fingerprint density at radius 2 is 1.94 bits per heavy atom. The van der Waals surface area contributed by atoms with E-state index in [1.165, 1.54) is 0 Å². The lowest BCUT2D eigenvalue weighted by Crippen LogP contribution is -2.38. The van der Waals surface area contributed by atoms with E-state index >= 15 is 0 Å². The minimum Gasteiger partial charge on any atom is -0.462 e. The van der Waals surface area contributed by atoms with Gasteiger partial charge in [0.2, 0.25) is 5.88 Å². The molecule has 5 heterocycles. The van der Waals surface area contributed by atoms with E-state index in [0.717, 1.165) is 27.8 Å². The molecular weight excluding hydrogens is 404 g/mol. The van der Waals surface area contributed by atoms with Crippen molar-refractivity contribution < 1.29 is 14.2 Å². The molecule has 3 aromatic rings. The number of fused-ring (bicyclic) bond motifs is 4. The predicted molar refractivity (Wildman–Crippen MR) is 118 cm³/mol. The fourth-order valence-corrected chi connectivity index (χ4v) is 4.21. The quantitative estimate of drug-likeness (QED) is 0.603. The Balaban J connectivity index is 1.49. The maximum atomic E-state index is 6.16. The van der Waals surface area contributed by atoms with Gasteiger partial charge in [-0.15, -0.1) is 0 Å². The molecular formula is C25H20N4O3. The van der Waals surface area contributed by atoms with Gasteiger partial charge in [0.1, 0.15) is 12.4 Å². The van der Waals surface area contributed by atoms with Crippen LogP contribution in [0.5, 0.6) is 11.6 Å². The van der Waals surface area contributed by atoms with Crippen molar-refractivity contribution in [2.75, 3.05) is 19.8 Å². The number of aromatic nitrogens is 2. The minimum atomic E-state index is -0.848. The van der Waals surface area contributed by atoms with Crippen molar-refractivity contribution in [1.82, 2.24) is 9.97 Å². The van der Waals surface area contributed by atoms with Crippen LogP contribution in [0.15, 0.2) is 60.0 Å². The predicted octanol–water partition coefficient (Wildman–Crippen LogP) is 3.23. The third kappa shape index (κ3) is 2.92. The SMILES string of the molecule is CC1(C#Cc2cnc3c(c2)[C@]2(COC(N)=N2)c2cc(-c4cccnc4)ccc2O3)COC1. The van der Waals surface area contributed by atoms with Crippen molar-refractivity contribution in [3.05, 3.63) is 71.7 Å². The van der Waals surface area contributed by atoms with Crippen molar-refractivity contribution in [2.45, 2.75) is 12.5 Å². The Kier molecular flexibility index (Phi) is 4.01. The summed E-state index contributed by atoms with van der Waals surface area (Å²) in [5, 5.41) is 0. The zero-order valence-electron chi connectivity index (χ0n) is 17.5. The first-order valence-electron chi connectivity index (χ1n) is 10.4. The van der Waals surface area contributed by atoms with Crippen molar-refractivity contribution in [1.29, 1.82) is 0 Å². The van der Waals surface area contributed by atoms with Gasteiger partial charge in [0, 0.05) is 35.3 Å². The monoisotopic (exact) mass is 424 g/mol. The number of nitrogens with two attached hydrogens (primary N) is 1. The van der Waals surface area contributed by atoms with E-state index in [1.807, 2.05) is 36.5 Å². The van der Waals surface area contributed by atoms with E-state index < -0.39 is 5.54 Å². The molecule has 0 saturated carbocycles. The first kappa shape index (κ1) is 18.8. The van der Waals surface area contributed by atoms with Gasteiger partial charge in [-0.05, 0) is 36.8 Å². The summed E-state index contributed by atoms with van der Waals surface area (Å²) in [5.41, 5.74) is 9.48. The largest absolute Gasteiger partial charge is 0.462 e. The molecule has 1 saturated heterocycles. The molecule has 1 aromatic carbocycles. The molecule has 0 aliphatic carbocycles. The number of rotatable bonds is 1. The lowest BCUT2D eigenvalue weighted by atomic mass is 9.81. The van der Waals surface area contributed by atoms with Crippen molar-refractivity contribution >= 4 is 6.02 Å². The molecule has 0 unspecified atom stereocenters. The van der Waals surface area contributed by atoms with E-state index in [4.69, 9.17) is 24.9 Å². The lowest BCUT2D eigenvalue weighted by Gasteiger charge is -2.33. The second-order valence-electron chi connectivity index (χ2n) is 8.53. The fourth-order valence-electron chi connectivity index (χ4n) is 4.21. The third-order valence-electron chi connectivity index (χ3n) is 6.00. The molecule has 3 aliphatic rings. The topological polar surface area (TPSA) is 91.9 Å². The first-order chi connectivity index (χ1) is 15.5. The van der Waals surface area contributed by atoms with Crippen LogP contribution in [0.4, 0.5) is 0 Å². The molecule has 0 bridgehead atoms. The van der Waals surface area contributed by atoms with E-state index in [0.29, 0.717) is 24.8 Å². The number of amidine groups is 1. The molecule has 6 rings (SSSR count). The van der Waals surface area contributed by atoms with Crippen LogP contribution in [0.1, 0.15) is 23.6 Å². The normalized spacial score (nSPS) is 21.7. The van der Waals surface area contributed by atoms with Gasteiger partial charge in [-0.25, -0.2) is 9.98 Å². The molecule has 1 spiro atoms. The molecule has 32 heavy (non-hydrogen) atoms. The van der Waals surface area contributed by atoms with Crippen LogP contribution in [0.25, 0.3) is 11.1 Å². The lowest BCUT2D eigenvalue weighted by molar-refractivity contribution is -0.0648. The molecule has 2 N–H and O–H groups in total. The van der Waals surface area contributed by atoms with Gasteiger partial charge in [0.25, 0.3) is 6.02 Å². The van der Waals surface area contributed by atoms with Crippen molar-refractivity contribution in [2.24, 2.45) is 16.1 Å². The Morgan fingerprint density at radius 3 is 2.66 bits per heavy atom. The van der Waals surface area contributed by atoms with Gasteiger partial charge in [0.05, 0.1) is 24.2 Å². The zero-order valence-corrected chi connectivity index (χ0v) is 17.5. The fraction of sp³-hybridized carbons (Fsp3) is 0.240. The van der Waals surface area contributed by atoms with E-state index in [9.17, 15) is 0 Å². The van der Waals surface area contributed by atoms with Crippen molar-refractivity contribution in [3.8, 4) is 34.6 Å². The highest BCUT2D eigenvalue weighted by Gasteiger charge is 2.47. The maximum absolute atomic E-state index is 6.16. The second kappa shape index (κ2) is 6.81. The number of nitrogens with zero attached hydrogens (tertiary/aromatic N) is 3. The molecule has 3 aliphatic heterocycles. The highest BCUT2D eigenvalue weighted by molar-refractivity contribution is 5.77. The van der Waals surface area contributed by atoms with Gasteiger partial charge in [-0.1, -0.05) is 24.0 Å². The smallest absolute Gasteiger partial charge is 0.283 e. The molecule has 1 atom stereocenters. The van der Waals surface area contributed by atoms with Gasteiger partial charge in [-0.2, -0.15) is 0 Å². The summed E-state index contributed by atoms with van der Waals surface area (Å²) in [4.78, 5) is 13.5. The molecule has 1 fully saturated rings. The molecule has 7 nitrogen and oxygen atoms in total. The van der Waals surface area contributed by atoms with E-state index in [1.54, 1.807) is 12.4 Å². The summed E-state index contributed by atoms with van der Waals surface area (Å²) in [6.45, 7) is 3.64. The number of hydrogen-bond donors (Lipinski definition) is 1. The van der Waals surface area contributed by atoms with Crippen LogP contribution in [0, 0.1) is 17.3 Å². The van der Waals surface area contributed by atoms with E-state index in [-0.39, 0.29) is 18.0 Å². The first-order valence-corrected chi connectivity index (χ1v) is 10.4. The second-order valence-corrected chi connectivity index (χ2v) is 8.53. The number of pyridine rings is 2. The molecule has 7 heteroatoms. The van der Waals surface area contributed by atoms with E-state index in [2.05, 4.69) is 34.8 Å². The number of ether oxygens (including phenoxy) is 3. The average Bonchev–Trinajstić information content (AvgIpc) is 3.19. The molecule has 0 radical (unpaired) electrons. The van der Waals surface area contributed by atoms with Crippen LogP contribution < -0.4 is 10.5 Å². The highest BCUT2D eigenvalue weighted by Crippen LogP contribution is 2.51. The molecule has 158 valence electrons. The summed E-state index contributed by atoms with van der Waals surface area (Å²) in [6, 6.07) is 12.0. The number of hydrogen-bond acceptors (Lipinski definition) is 7. The molecule has 0 amide bonds. The van der Waals surface area contributed by atoms with Crippen LogP contribution in [-0.2, 0) is 15.0 Å². The summed E-state index contributed by atoms with van der Waals surface area (Å²) < 4.78 is 17.1. The number of aliphatic imine (C=N–C) groups is 1. The minimum absolute atomic E-state index is 0.117. The van der Waals surface area contributed by atoms with Crippen LogP contribution in [-0.4, -0.2) is 35.8 Å². The Hall–Kier alpha value is -3.89.